The van der Waals surface area contributed by atoms with Crippen molar-refractivity contribution in [3.8, 4) is 11.5 Å². The number of nitro benzene ring substituents is 1. The van der Waals surface area contributed by atoms with Gasteiger partial charge in [0, 0.05) is 18.2 Å². The van der Waals surface area contributed by atoms with E-state index < -0.39 is 4.92 Å². The van der Waals surface area contributed by atoms with Crippen molar-refractivity contribution in [1.82, 2.24) is 5.32 Å². The molecule has 0 fully saturated rings. The van der Waals surface area contributed by atoms with Gasteiger partial charge in [-0.3, -0.25) is 10.1 Å². The van der Waals surface area contributed by atoms with Crippen molar-refractivity contribution < 1.29 is 9.66 Å². The Bertz CT molecular complexity index is 674. The molecule has 0 aliphatic carbocycles. The molecule has 110 valence electrons. The Morgan fingerprint density at radius 2 is 2.05 bits per heavy atom. The number of nitrogens with zero attached hydrogens (tertiary/aromatic N) is 1. The number of benzene rings is 2. The summed E-state index contributed by atoms with van der Waals surface area (Å²) in [4.78, 5) is 10.5. The Balaban J connectivity index is 2.39. The van der Waals surface area contributed by atoms with Gasteiger partial charge in [0.1, 0.15) is 16.0 Å². The zero-order valence-corrected chi connectivity index (χ0v) is 13.3. The molecule has 0 saturated carbocycles. The molecule has 0 unspecified atom stereocenters. The summed E-state index contributed by atoms with van der Waals surface area (Å²) in [5.74, 6) is 1.10. The standard InChI is InChI=1S/C15H15BrN2O3/c1-10-6-7-13(11(8-10)9-17-2)21-14-5-3-4-12(15(14)16)18(19)20/h3-8,17H,9H2,1-2H3. The van der Waals surface area contributed by atoms with Crippen LogP contribution in [0.5, 0.6) is 11.5 Å². The van der Waals surface area contributed by atoms with Gasteiger partial charge in [0.05, 0.1) is 4.92 Å². The van der Waals surface area contributed by atoms with Crippen LogP contribution in [0.15, 0.2) is 40.9 Å². The second-order valence-corrected chi connectivity index (χ2v) is 5.38. The van der Waals surface area contributed by atoms with Crippen LogP contribution in [0, 0.1) is 17.0 Å². The molecule has 0 spiro atoms. The third-order valence-electron chi connectivity index (χ3n) is 2.94. The van der Waals surface area contributed by atoms with Crippen molar-refractivity contribution in [1.29, 1.82) is 0 Å². The maximum absolute atomic E-state index is 11.0. The van der Waals surface area contributed by atoms with Crippen molar-refractivity contribution in [2.75, 3.05) is 7.05 Å². The van der Waals surface area contributed by atoms with E-state index in [4.69, 9.17) is 4.74 Å². The minimum absolute atomic E-state index is 0.0187. The first-order valence-electron chi connectivity index (χ1n) is 6.38. The lowest BCUT2D eigenvalue weighted by molar-refractivity contribution is -0.385. The van der Waals surface area contributed by atoms with Crippen molar-refractivity contribution in [3.63, 3.8) is 0 Å². The van der Waals surface area contributed by atoms with E-state index in [9.17, 15) is 10.1 Å². The first-order chi connectivity index (χ1) is 10.0. The van der Waals surface area contributed by atoms with Gasteiger partial charge in [0.25, 0.3) is 5.69 Å². The summed E-state index contributed by atoms with van der Waals surface area (Å²) in [6.07, 6.45) is 0. The van der Waals surface area contributed by atoms with Crippen LogP contribution in [-0.2, 0) is 6.54 Å². The molecule has 5 nitrogen and oxygen atoms in total. The molecule has 2 rings (SSSR count). The molecule has 0 bridgehead atoms. The van der Waals surface area contributed by atoms with Gasteiger partial charge in [-0.2, -0.15) is 0 Å². The van der Waals surface area contributed by atoms with E-state index in [1.165, 1.54) is 6.07 Å². The topological polar surface area (TPSA) is 64.4 Å². The fraction of sp³-hybridized carbons (Fsp3) is 0.200. The minimum atomic E-state index is -0.444. The summed E-state index contributed by atoms with van der Waals surface area (Å²) in [7, 11) is 1.86. The van der Waals surface area contributed by atoms with E-state index in [2.05, 4.69) is 21.2 Å². The van der Waals surface area contributed by atoms with Crippen molar-refractivity contribution in [2.24, 2.45) is 0 Å². The van der Waals surface area contributed by atoms with Gasteiger partial charge >= 0.3 is 0 Å². The largest absolute Gasteiger partial charge is 0.456 e. The molecule has 1 N–H and O–H groups in total. The van der Waals surface area contributed by atoms with Crippen molar-refractivity contribution in [3.05, 3.63) is 62.1 Å². The third-order valence-corrected chi connectivity index (χ3v) is 3.74. The molecule has 0 heterocycles. The molecular weight excluding hydrogens is 336 g/mol. The molecule has 21 heavy (non-hydrogen) atoms. The predicted molar refractivity (Wildman–Crippen MR) is 84.8 cm³/mol. The van der Waals surface area contributed by atoms with Crippen LogP contribution >= 0.6 is 15.9 Å². The lowest BCUT2D eigenvalue weighted by Gasteiger charge is -2.13. The molecule has 2 aromatic carbocycles. The molecule has 0 saturated heterocycles. The molecule has 0 amide bonds. The van der Waals surface area contributed by atoms with E-state index in [-0.39, 0.29) is 5.69 Å². The fourth-order valence-corrected chi connectivity index (χ4v) is 2.46. The molecule has 0 aliphatic rings. The molecule has 6 heteroatoms. The number of nitrogens with one attached hydrogen (secondary N) is 1. The van der Waals surface area contributed by atoms with E-state index in [0.717, 1.165) is 11.1 Å². The Morgan fingerprint density at radius 3 is 2.71 bits per heavy atom. The van der Waals surface area contributed by atoms with Crippen LogP contribution < -0.4 is 10.1 Å². The zero-order valence-electron chi connectivity index (χ0n) is 11.7. The highest BCUT2D eigenvalue weighted by Crippen LogP contribution is 2.37. The number of hydrogen-bond acceptors (Lipinski definition) is 4. The molecule has 0 atom stereocenters. The van der Waals surface area contributed by atoms with Crippen LogP contribution in [0.2, 0.25) is 0 Å². The summed E-state index contributed by atoms with van der Waals surface area (Å²) in [5, 5.41) is 14.0. The van der Waals surface area contributed by atoms with Crippen LogP contribution in [0.3, 0.4) is 0 Å². The van der Waals surface area contributed by atoms with E-state index in [0.29, 0.717) is 22.5 Å². The normalized spacial score (nSPS) is 10.4. The monoisotopic (exact) mass is 350 g/mol. The van der Waals surface area contributed by atoms with Gasteiger partial charge in [-0.1, -0.05) is 23.8 Å². The van der Waals surface area contributed by atoms with Crippen LogP contribution in [0.25, 0.3) is 0 Å². The summed E-state index contributed by atoms with van der Waals surface area (Å²) < 4.78 is 6.19. The quantitative estimate of drug-likeness (QED) is 0.648. The highest BCUT2D eigenvalue weighted by molar-refractivity contribution is 9.10. The molecule has 0 aromatic heterocycles. The van der Waals surface area contributed by atoms with Gasteiger partial charge < -0.3 is 10.1 Å². The highest BCUT2D eigenvalue weighted by Gasteiger charge is 2.17. The maximum Gasteiger partial charge on any atom is 0.287 e. The van der Waals surface area contributed by atoms with E-state index in [1.807, 2.05) is 32.2 Å². The lowest BCUT2D eigenvalue weighted by Crippen LogP contribution is -2.06. The van der Waals surface area contributed by atoms with E-state index >= 15 is 0 Å². The van der Waals surface area contributed by atoms with Gasteiger partial charge in [-0.15, -0.1) is 0 Å². The predicted octanol–water partition coefficient (Wildman–Crippen LogP) is 4.18. The van der Waals surface area contributed by atoms with Crippen molar-refractivity contribution in [2.45, 2.75) is 13.5 Å². The number of aryl methyl sites for hydroxylation is 1. The number of nitro groups is 1. The number of halogens is 1. The Morgan fingerprint density at radius 1 is 1.29 bits per heavy atom. The Kier molecular flexibility index (Phi) is 4.93. The number of rotatable bonds is 5. The number of hydrogen-bond donors (Lipinski definition) is 1. The SMILES string of the molecule is CNCc1cc(C)ccc1Oc1cccc([N+](=O)[O-])c1Br. The van der Waals surface area contributed by atoms with Gasteiger partial charge in [0.15, 0.2) is 0 Å². The van der Waals surface area contributed by atoms with E-state index in [1.54, 1.807) is 12.1 Å². The summed E-state index contributed by atoms with van der Waals surface area (Å²) in [6.45, 7) is 2.66. The third kappa shape index (κ3) is 3.59. The van der Waals surface area contributed by atoms with Gasteiger partial charge in [-0.25, -0.2) is 0 Å². The number of ether oxygens (including phenoxy) is 1. The average molecular weight is 351 g/mol. The fourth-order valence-electron chi connectivity index (χ4n) is 1.97. The smallest absolute Gasteiger partial charge is 0.287 e. The first-order valence-corrected chi connectivity index (χ1v) is 7.17. The highest BCUT2D eigenvalue weighted by atomic mass is 79.9. The lowest BCUT2D eigenvalue weighted by atomic mass is 10.1. The van der Waals surface area contributed by atoms with Crippen LogP contribution in [0.4, 0.5) is 5.69 Å². The Labute approximate surface area is 131 Å². The average Bonchev–Trinajstić information content (AvgIpc) is 2.44. The van der Waals surface area contributed by atoms with Crippen LogP contribution in [0.1, 0.15) is 11.1 Å². The van der Waals surface area contributed by atoms with Crippen molar-refractivity contribution >= 4 is 21.6 Å². The maximum atomic E-state index is 11.0. The zero-order chi connectivity index (χ0) is 15.4. The van der Waals surface area contributed by atoms with Gasteiger partial charge in [0.2, 0.25) is 0 Å². The summed E-state index contributed by atoms with van der Waals surface area (Å²) >= 11 is 3.24. The minimum Gasteiger partial charge on any atom is -0.456 e. The first kappa shape index (κ1) is 15.5. The Hall–Kier alpha value is -1.92. The second kappa shape index (κ2) is 6.69. The van der Waals surface area contributed by atoms with Gasteiger partial charge in [-0.05, 0) is 42.0 Å². The molecule has 0 aliphatic heterocycles. The summed E-state index contributed by atoms with van der Waals surface area (Å²) in [5.41, 5.74) is 2.11. The van der Waals surface area contributed by atoms with Crippen LogP contribution in [-0.4, -0.2) is 12.0 Å². The molecular formula is C15H15BrN2O3. The molecule has 0 radical (unpaired) electrons. The molecule has 2 aromatic rings. The second-order valence-electron chi connectivity index (χ2n) is 4.59. The summed E-state index contributed by atoms with van der Waals surface area (Å²) in [6, 6.07) is 10.6.